The van der Waals surface area contributed by atoms with Crippen LogP contribution in [0.2, 0.25) is 0 Å². The van der Waals surface area contributed by atoms with Gasteiger partial charge in [-0.05, 0) is 54.7 Å². The monoisotopic (exact) mass is 610 g/mol. The fourth-order valence-corrected chi connectivity index (χ4v) is 6.30. The topological polar surface area (TPSA) is 64.5 Å². The van der Waals surface area contributed by atoms with Crippen LogP contribution in [0.15, 0.2) is 97.1 Å². The first-order valence-corrected chi connectivity index (χ1v) is 15.9. The molecule has 230 valence electrons. The molecule has 0 amide bonds. The molecular formula is C38H43ClN2O3. The van der Waals surface area contributed by atoms with Gasteiger partial charge in [-0.3, -0.25) is 9.97 Å². The fraction of sp³-hybridized carbons (Fsp3) is 0.368. The highest BCUT2D eigenvalue weighted by atomic mass is 35.5. The molecule has 6 heteroatoms. The van der Waals surface area contributed by atoms with E-state index in [9.17, 15) is 5.11 Å². The second-order valence-electron chi connectivity index (χ2n) is 11.8. The van der Waals surface area contributed by atoms with Gasteiger partial charge in [0.2, 0.25) is 0 Å². The minimum absolute atomic E-state index is 0. The average Bonchev–Trinajstić information content (AvgIpc) is 3.06. The molecule has 3 atom stereocenters. The molecule has 1 N–H and O–H groups in total. The number of aliphatic hydroxyl groups is 1. The predicted octanol–water partition coefficient (Wildman–Crippen LogP) is 9.78. The zero-order chi connectivity index (χ0) is 29.6. The lowest BCUT2D eigenvalue weighted by Gasteiger charge is -2.45. The molecule has 0 saturated carbocycles. The Morgan fingerprint density at radius 3 is 1.75 bits per heavy atom. The number of ether oxygens (including phenoxy) is 2. The molecule has 0 radical (unpaired) electrons. The van der Waals surface area contributed by atoms with E-state index in [0.29, 0.717) is 6.42 Å². The van der Waals surface area contributed by atoms with Crippen LogP contribution in [0.25, 0.3) is 21.8 Å². The van der Waals surface area contributed by atoms with Gasteiger partial charge in [-0.2, -0.15) is 0 Å². The number of aromatic nitrogens is 2. The Morgan fingerprint density at radius 1 is 0.705 bits per heavy atom. The van der Waals surface area contributed by atoms with Crippen LogP contribution in [0.3, 0.4) is 0 Å². The van der Waals surface area contributed by atoms with Crippen LogP contribution in [0, 0.1) is 0 Å². The Kier molecular flexibility index (Phi) is 10.7. The number of aliphatic hydroxyl groups excluding tert-OH is 1. The number of rotatable bonds is 12. The summed E-state index contributed by atoms with van der Waals surface area (Å²) in [7, 11) is 0. The summed E-state index contributed by atoms with van der Waals surface area (Å²) in [6, 6.07) is 32.8. The van der Waals surface area contributed by atoms with Crippen molar-refractivity contribution in [3.05, 3.63) is 120 Å². The van der Waals surface area contributed by atoms with Crippen LogP contribution in [-0.4, -0.2) is 20.9 Å². The van der Waals surface area contributed by atoms with Crippen molar-refractivity contribution < 1.29 is 14.6 Å². The third kappa shape index (κ3) is 6.82. The second-order valence-corrected chi connectivity index (χ2v) is 11.8. The van der Waals surface area contributed by atoms with E-state index in [2.05, 4.69) is 56.3 Å². The second kappa shape index (κ2) is 14.6. The Bertz CT molecular complexity index is 1580. The molecule has 2 aromatic heterocycles. The van der Waals surface area contributed by atoms with Crippen molar-refractivity contribution in [1.29, 1.82) is 0 Å². The number of hydrogen-bond donors (Lipinski definition) is 1. The standard InChI is InChI=1S/C38H42N2O3.ClH/c1-3-5-19-35(33-23-21-28-14-8-11-17-31(28)39-33)42-38(26-25-27-13-7-10-16-30(27)37(38)41)43-36(20-6-4-2)34-24-22-29-15-9-12-18-32(29)40-34;/h7-18,21-24,35-37,41H,3-6,19-20,25-26H2,1-2H3;1H. The van der Waals surface area contributed by atoms with Gasteiger partial charge in [-0.25, -0.2) is 0 Å². The number of para-hydroxylation sites is 2. The first-order valence-electron chi connectivity index (χ1n) is 15.9. The van der Waals surface area contributed by atoms with E-state index in [1.165, 1.54) is 0 Å². The molecule has 0 bridgehead atoms. The van der Waals surface area contributed by atoms with E-state index in [4.69, 9.17) is 19.4 Å². The molecule has 0 spiro atoms. The lowest BCUT2D eigenvalue weighted by atomic mass is 9.84. The van der Waals surface area contributed by atoms with Crippen molar-refractivity contribution >= 4 is 34.2 Å². The molecule has 0 saturated heterocycles. The van der Waals surface area contributed by atoms with E-state index >= 15 is 0 Å². The number of aryl methyl sites for hydroxylation is 1. The molecular weight excluding hydrogens is 568 g/mol. The number of halogens is 1. The molecule has 1 aliphatic rings. The van der Waals surface area contributed by atoms with Gasteiger partial charge >= 0.3 is 0 Å². The first kappa shape index (κ1) is 32.1. The molecule has 5 nitrogen and oxygen atoms in total. The molecule has 0 fully saturated rings. The molecule has 5 aromatic rings. The van der Waals surface area contributed by atoms with Gasteiger partial charge in [-0.1, -0.05) is 112 Å². The highest BCUT2D eigenvalue weighted by molar-refractivity contribution is 5.85. The molecule has 44 heavy (non-hydrogen) atoms. The summed E-state index contributed by atoms with van der Waals surface area (Å²) in [5.74, 6) is -1.26. The Morgan fingerprint density at radius 2 is 1.20 bits per heavy atom. The number of pyridine rings is 2. The van der Waals surface area contributed by atoms with Crippen molar-refractivity contribution in [2.75, 3.05) is 0 Å². The molecule has 1 aliphatic carbocycles. The van der Waals surface area contributed by atoms with Crippen LogP contribution in [0.5, 0.6) is 0 Å². The highest BCUT2D eigenvalue weighted by Gasteiger charge is 2.48. The maximum absolute atomic E-state index is 12.2. The van der Waals surface area contributed by atoms with E-state index in [1.54, 1.807) is 0 Å². The van der Waals surface area contributed by atoms with Gasteiger partial charge in [-0.15, -0.1) is 12.4 Å². The van der Waals surface area contributed by atoms with Gasteiger partial charge in [0.1, 0.15) is 18.3 Å². The summed E-state index contributed by atoms with van der Waals surface area (Å²) in [5, 5.41) is 14.4. The number of hydrogen-bond acceptors (Lipinski definition) is 5. The van der Waals surface area contributed by atoms with Gasteiger partial charge < -0.3 is 14.6 Å². The first-order chi connectivity index (χ1) is 21.1. The van der Waals surface area contributed by atoms with E-state index < -0.39 is 11.9 Å². The zero-order valence-corrected chi connectivity index (χ0v) is 26.5. The van der Waals surface area contributed by atoms with Gasteiger partial charge in [0.25, 0.3) is 0 Å². The summed E-state index contributed by atoms with van der Waals surface area (Å²) >= 11 is 0. The quantitative estimate of drug-likeness (QED) is 0.142. The summed E-state index contributed by atoms with van der Waals surface area (Å²) < 4.78 is 14.3. The summed E-state index contributed by atoms with van der Waals surface area (Å²) in [4.78, 5) is 10.1. The van der Waals surface area contributed by atoms with Crippen molar-refractivity contribution in [3.8, 4) is 0 Å². The Hall–Kier alpha value is -3.35. The van der Waals surface area contributed by atoms with E-state index in [-0.39, 0.29) is 24.6 Å². The summed E-state index contributed by atoms with van der Waals surface area (Å²) in [6.45, 7) is 4.38. The lowest BCUT2D eigenvalue weighted by Crippen LogP contribution is -2.47. The number of fused-ring (bicyclic) bond motifs is 3. The SMILES string of the molecule is CCCCC(OC1(OC(CCCC)c2ccc3ccccc3n2)CCc2ccccc2C1O)c1ccc2ccccc2n1.Cl. The summed E-state index contributed by atoms with van der Waals surface area (Å²) in [5.41, 5.74) is 5.63. The van der Waals surface area contributed by atoms with Crippen LogP contribution < -0.4 is 0 Å². The summed E-state index contributed by atoms with van der Waals surface area (Å²) in [6.07, 6.45) is 5.28. The van der Waals surface area contributed by atoms with Gasteiger partial charge in [0.15, 0.2) is 5.79 Å². The van der Waals surface area contributed by atoms with E-state index in [1.807, 2.05) is 54.6 Å². The molecule has 3 unspecified atom stereocenters. The minimum Gasteiger partial charge on any atom is -0.383 e. The fourth-order valence-electron chi connectivity index (χ4n) is 6.30. The molecule has 2 heterocycles. The van der Waals surface area contributed by atoms with Crippen LogP contribution in [0.4, 0.5) is 0 Å². The van der Waals surface area contributed by atoms with Crippen molar-refractivity contribution in [1.82, 2.24) is 9.97 Å². The number of benzene rings is 3. The normalized spacial score (nSPS) is 19.3. The van der Waals surface area contributed by atoms with Gasteiger partial charge in [0.05, 0.1) is 22.4 Å². The largest absolute Gasteiger partial charge is 0.383 e. The van der Waals surface area contributed by atoms with Crippen LogP contribution in [-0.2, 0) is 15.9 Å². The highest BCUT2D eigenvalue weighted by Crippen LogP contribution is 2.47. The Balaban J connectivity index is 0.00000384. The molecule has 0 aliphatic heterocycles. The average molecular weight is 611 g/mol. The third-order valence-electron chi connectivity index (χ3n) is 8.73. The Labute approximate surface area is 267 Å². The molecule has 6 rings (SSSR count). The molecule has 3 aromatic carbocycles. The zero-order valence-electron chi connectivity index (χ0n) is 25.7. The smallest absolute Gasteiger partial charge is 0.200 e. The van der Waals surface area contributed by atoms with Crippen molar-refractivity contribution in [2.45, 2.75) is 89.3 Å². The van der Waals surface area contributed by atoms with Crippen LogP contribution >= 0.6 is 12.4 Å². The maximum Gasteiger partial charge on any atom is 0.200 e. The van der Waals surface area contributed by atoms with E-state index in [0.717, 1.165) is 89.3 Å². The number of unbranched alkanes of at least 4 members (excludes halogenated alkanes) is 2. The lowest BCUT2D eigenvalue weighted by molar-refractivity contribution is -0.331. The van der Waals surface area contributed by atoms with Crippen molar-refractivity contribution in [3.63, 3.8) is 0 Å². The predicted molar refractivity (Wildman–Crippen MR) is 180 cm³/mol. The van der Waals surface area contributed by atoms with Crippen LogP contribution in [0.1, 0.15) is 99.6 Å². The number of nitrogens with zero attached hydrogens (tertiary/aromatic N) is 2. The minimum atomic E-state index is -1.26. The third-order valence-corrected chi connectivity index (χ3v) is 8.73. The maximum atomic E-state index is 12.2. The van der Waals surface area contributed by atoms with Gasteiger partial charge in [0, 0.05) is 17.2 Å². The van der Waals surface area contributed by atoms with Crippen molar-refractivity contribution in [2.24, 2.45) is 0 Å².